The van der Waals surface area contributed by atoms with Crippen LogP contribution in [0, 0.1) is 13.8 Å². The molecule has 162 valence electrons. The second-order valence-corrected chi connectivity index (χ2v) is 8.21. The zero-order valence-electron chi connectivity index (χ0n) is 18.4. The molecule has 4 aromatic rings. The predicted molar refractivity (Wildman–Crippen MR) is 125 cm³/mol. The number of aryl methyl sites for hydroxylation is 2. The van der Waals surface area contributed by atoms with Gasteiger partial charge in [-0.15, -0.1) is 0 Å². The molecule has 5 rings (SSSR count). The molecule has 2 aromatic carbocycles. The number of benzene rings is 2. The molecular formula is C26H26N4O2. The van der Waals surface area contributed by atoms with Crippen molar-refractivity contribution in [2.24, 2.45) is 0 Å². The Hall–Kier alpha value is -3.80. The van der Waals surface area contributed by atoms with Crippen LogP contribution < -0.4 is 4.90 Å². The molecule has 1 aliphatic rings. The van der Waals surface area contributed by atoms with Crippen molar-refractivity contribution in [2.75, 3.05) is 31.1 Å². The maximum atomic E-state index is 13.6. The van der Waals surface area contributed by atoms with Crippen LogP contribution in [0.4, 0.5) is 5.69 Å². The van der Waals surface area contributed by atoms with Crippen LogP contribution in [0.15, 0.2) is 77.4 Å². The van der Waals surface area contributed by atoms with E-state index < -0.39 is 0 Å². The molecule has 0 aliphatic carbocycles. The quantitative estimate of drug-likeness (QED) is 0.474. The van der Waals surface area contributed by atoms with Gasteiger partial charge in [0.15, 0.2) is 5.76 Å². The molecule has 1 amide bonds. The van der Waals surface area contributed by atoms with E-state index in [9.17, 15) is 4.79 Å². The molecule has 1 fully saturated rings. The molecule has 0 N–H and O–H groups in total. The highest BCUT2D eigenvalue weighted by Gasteiger charge is 2.27. The second-order valence-electron chi connectivity index (χ2n) is 8.21. The van der Waals surface area contributed by atoms with E-state index in [4.69, 9.17) is 9.52 Å². The summed E-state index contributed by atoms with van der Waals surface area (Å²) in [5, 5.41) is 4.72. The number of hydrogen-bond acceptors (Lipinski definition) is 4. The zero-order chi connectivity index (χ0) is 22.1. The van der Waals surface area contributed by atoms with Gasteiger partial charge in [-0.2, -0.15) is 5.10 Å². The van der Waals surface area contributed by atoms with Gasteiger partial charge in [-0.1, -0.05) is 30.3 Å². The third-order valence-corrected chi connectivity index (χ3v) is 5.97. The topological polar surface area (TPSA) is 54.5 Å². The molecule has 32 heavy (non-hydrogen) atoms. The van der Waals surface area contributed by atoms with Gasteiger partial charge < -0.3 is 14.2 Å². The first-order chi connectivity index (χ1) is 15.6. The fraction of sp³-hybridized carbons (Fsp3) is 0.231. The molecule has 0 spiro atoms. The number of para-hydroxylation sites is 1. The Morgan fingerprint density at radius 2 is 1.72 bits per heavy atom. The van der Waals surface area contributed by atoms with Gasteiger partial charge in [0.05, 0.1) is 12.0 Å². The molecule has 0 bridgehead atoms. The van der Waals surface area contributed by atoms with Gasteiger partial charge in [0, 0.05) is 37.9 Å². The van der Waals surface area contributed by atoms with E-state index in [0.717, 1.165) is 24.3 Å². The van der Waals surface area contributed by atoms with Crippen molar-refractivity contribution in [2.45, 2.75) is 13.8 Å². The summed E-state index contributed by atoms with van der Waals surface area (Å²) in [5.74, 6) is 0.635. The maximum absolute atomic E-state index is 13.6. The molecule has 1 aliphatic heterocycles. The number of furan rings is 1. The molecule has 6 heteroatoms. The van der Waals surface area contributed by atoms with Crippen LogP contribution in [0.25, 0.3) is 17.1 Å². The Morgan fingerprint density at radius 3 is 2.44 bits per heavy atom. The van der Waals surface area contributed by atoms with Crippen LogP contribution >= 0.6 is 0 Å². The SMILES string of the molecule is Cc1cccc(-n2nc(-c3ccco3)cc2C(=O)N2CCN(c3ccccc3C)CC2)c1. The molecule has 1 saturated heterocycles. The van der Waals surface area contributed by atoms with Gasteiger partial charge in [-0.25, -0.2) is 4.68 Å². The van der Waals surface area contributed by atoms with Crippen LogP contribution in [0.5, 0.6) is 0 Å². The third kappa shape index (κ3) is 3.80. The minimum absolute atomic E-state index is 0.0127. The van der Waals surface area contributed by atoms with Crippen molar-refractivity contribution in [1.29, 1.82) is 0 Å². The van der Waals surface area contributed by atoms with Crippen molar-refractivity contribution < 1.29 is 9.21 Å². The number of aromatic nitrogens is 2. The summed E-state index contributed by atoms with van der Waals surface area (Å²) in [7, 11) is 0. The lowest BCUT2D eigenvalue weighted by molar-refractivity contribution is 0.0737. The van der Waals surface area contributed by atoms with E-state index in [2.05, 4.69) is 36.1 Å². The lowest BCUT2D eigenvalue weighted by Gasteiger charge is -2.36. The summed E-state index contributed by atoms with van der Waals surface area (Å²) in [6.45, 7) is 7.11. The number of carbonyl (C=O) groups excluding carboxylic acids is 1. The van der Waals surface area contributed by atoms with Gasteiger partial charge in [0.1, 0.15) is 11.4 Å². The second kappa shape index (κ2) is 8.38. The van der Waals surface area contributed by atoms with E-state index >= 15 is 0 Å². The van der Waals surface area contributed by atoms with Crippen LogP contribution in [-0.4, -0.2) is 46.8 Å². The molecule has 0 unspecified atom stereocenters. The number of hydrogen-bond donors (Lipinski definition) is 0. The summed E-state index contributed by atoms with van der Waals surface area (Å²) in [5.41, 5.74) is 5.68. The van der Waals surface area contributed by atoms with E-state index in [1.807, 2.05) is 54.3 Å². The van der Waals surface area contributed by atoms with Gasteiger partial charge in [-0.3, -0.25) is 4.79 Å². The number of rotatable bonds is 4. The summed E-state index contributed by atoms with van der Waals surface area (Å²) in [4.78, 5) is 17.9. The lowest BCUT2D eigenvalue weighted by atomic mass is 10.1. The Kier molecular flexibility index (Phi) is 5.27. The first-order valence-electron chi connectivity index (χ1n) is 10.9. The highest BCUT2D eigenvalue weighted by molar-refractivity contribution is 5.94. The molecule has 0 atom stereocenters. The van der Waals surface area contributed by atoms with Gasteiger partial charge in [0.2, 0.25) is 0 Å². The van der Waals surface area contributed by atoms with Gasteiger partial charge in [0.25, 0.3) is 5.91 Å². The Labute approximate surface area is 187 Å². The van der Waals surface area contributed by atoms with Crippen molar-refractivity contribution >= 4 is 11.6 Å². The largest absolute Gasteiger partial charge is 0.463 e. The number of piperazine rings is 1. The molecule has 2 aromatic heterocycles. The minimum Gasteiger partial charge on any atom is -0.463 e. The summed E-state index contributed by atoms with van der Waals surface area (Å²) >= 11 is 0. The average Bonchev–Trinajstić information content (AvgIpc) is 3.49. The smallest absolute Gasteiger partial charge is 0.272 e. The van der Waals surface area contributed by atoms with Crippen molar-refractivity contribution in [1.82, 2.24) is 14.7 Å². The maximum Gasteiger partial charge on any atom is 0.272 e. The van der Waals surface area contributed by atoms with Gasteiger partial charge in [-0.05, 0) is 55.3 Å². The van der Waals surface area contributed by atoms with Crippen molar-refractivity contribution in [3.8, 4) is 17.1 Å². The number of nitrogens with zero attached hydrogens (tertiary/aromatic N) is 4. The van der Waals surface area contributed by atoms with E-state index in [-0.39, 0.29) is 5.91 Å². The van der Waals surface area contributed by atoms with Crippen molar-refractivity contribution in [3.63, 3.8) is 0 Å². The van der Waals surface area contributed by atoms with E-state index in [1.165, 1.54) is 11.3 Å². The summed E-state index contributed by atoms with van der Waals surface area (Å²) in [6, 6.07) is 21.9. The van der Waals surface area contributed by atoms with Crippen LogP contribution in [-0.2, 0) is 0 Å². The molecule has 6 nitrogen and oxygen atoms in total. The Morgan fingerprint density at radius 1 is 0.906 bits per heavy atom. The van der Waals surface area contributed by atoms with Crippen LogP contribution in [0.3, 0.4) is 0 Å². The summed E-state index contributed by atoms with van der Waals surface area (Å²) < 4.78 is 7.28. The normalized spacial score (nSPS) is 14.1. The predicted octanol–water partition coefficient (Wildman–Crippen LogP) is 4.71. The Balaban J connectivity index is 1.43. The zero-order valence-corrected chi connectivity index (χ0v) is 18.4. The molecule has 3 heterocycles. The first kappa shape index (κ1) is 20.1. The molecule has 0 radical (unpaired) electrons. The van der Waals surface area contributed by atoms with Crippen LogP contribution in [0.2, 0.25) is 0 Å². The minimum atomic E-state index is -0.0127. The number of amides is 1. The van der Waals surface area contributed by atoms with Crippen molar-refractivity contribution in [3.05, 3.63) is 89.8 Å². The van der Waals surface area contributed by atoms with E-state index in [1.54, 1.807) is 10.9 Å². The first-order valence-corrected chi connectivity index (χ1v) is 10.9. The number of carbonyl (C=O) groups is 1. The Bertz CT molecular complexity index is 1230. The molecular weight excluding hydrogens is 400 g/mol. The fourth-order valence-electron chi connectivity index (χ4n) is 4.27. The standard InChI is InChI=1S/C26H26N4O2/c1-19-7-5-9-21(17-19)30-24(18-22(27-30)25-11-6-16-32-25)26(31)29-14-12-28(13-15-29)23-10-4-3-8-20(23)2/h3-11,16-18H,12-15H2,1-2H3. The highest BCUT2D eigenvalue weighted by Crippen LogP contribution is 2.25. The average molecular weight is 427 g/mol. The number of anilines is 1. The monoisotopic (exact) mass is 426 g/mol. The third-order valence-electron chi connectivity index (χ3n) is 5.97. The highest BCUT2D eigenvalue weighted by atomic mass is 16.3. The van der Waals surface area contributed by atoms with Gasteiger partial charge >= 0.3 is 0 Å². The van der Waals surface area contributed by atoms with E-state index in [0.29, 0.717) is 30.2 Å². The fourth-order valence-corrected chi connectivity index (χ4v) is 4.27. The summed E-state index contributed by atoms with van der Waals surface area (Å²) in [6.07, 6.45) is 1.62. The molecule has 0 saturated carbocycles. The van der Waals surface area contributed by atoms with Crippen LogP contribution in [0.1, 0.15) is 21.6 Å². The lowest BCUT2D eigenvalue weighted by Crippen LogP contribution is -2.49.